The van der Waals surface area contributed by atoms with Crippen LogP contribution in [0.15, 0.2) is 12.1 Å². The predicted molar refractivity (Wildman–Crippen MR) is 77.7 cm³/mol. The molecule has 0 bridgehead atoms. The number of nitro groups is 1. The Morgan fingerprint density at radius 3 is 2.85 bits per heavy atom. The number of hydrogen-bond donors (Lipinski definition) is 1. The molecule has 0 atom stereocenters. The molecule has 0 aromatic heterocycles. The van der Waals surface area contributed by atoms with Crippen molar-refractivity contribution in [2.45, 2.75) is 19.8 Å². The van der Waals surface area contributed by atoms with Crippen molar-refractivity contribution >= 4 is 17.1 Å². The van der Waals surface area contributed by atoms with Crippen LogP contribution in [0.5, 0.6) is 5.75 Å². The van der Waals surface area contributed by atoms with Gasteiger partial charge in [-0.3, -0.25) is 10.1 Å². The lowest BCUT2D eigenvalue weighted by Gasteiger charge is -2.32. The van der Waals surface area contributed by atoms with E-state index in [1.54, 1.807) is 6.07 Å². The van der Waals surface area contributed by atoms with Crippen LogP contribution < -0.4 is 15.0 Å². The molecule has 2 aliphatic rings. The summed E-state index contributed by atoms with van der Waals surface area (Å²) in [4.78, 5) is 13.1. The number of benzene rings is 1. The van der Waals surface area contributed by atoms with Crippen molar-refractivity contribution in [2.24, 2.45) is 5.92 Å². The Morgan fingerprint density at radius 1 is 1.40 bits per heavy atom. The molecule has 1 N–H and O–H groups in total. The molecule has 1 aromatic carbocycles. The molecule has 108 valence electrons. The third-order valence-corrected chi connectivity index (χ3v) is 4.07. The molecule has 1 fully saturated rings. The molecule has 0 aliphatic carbocycles. The molecule has 0 spiro atoms. The van der Waals surface area contributed by atoms with E-state index in [9.17, 15) is 10.1 Å². The minimum absolute atomic E-state index is 0.163. The van der Waals surface area contributed by atoms with Crippen molar-refractivity contribution in [3.63, 3.8) is 0 Å². The molecule has 0 amide bonds. The van der Waals surface area contributed by atoms with Crippen LogP contribution in [0, 0.1) is 16.0 Å². The maximum atomic E-state index is 11.3. The van der Waals surface area contributed by atoms with Crippen LogP contribution in [0.25, 0.3) is 0 Å². The van der Waals surface area contributed by atoms with E-state index in [0.29, 0.717) is 24.8 Å². The summed E-state index contributed by atoms with van der Waals surface area (Å²) in [7, 11) is 0. The average Bonchev–Trinajstić information content (AvgIpc) is 2.46. The zero-order valence-corrected chi connectivity index (χ0v) is 11.6. The van der Waals surface area contributed by atoms with Gasteiger partial charge in [0, 0.05) is 31.8 Å². The van der Waals surface area contributed by atoms with E-state index >= 15 is 0 Å². The number of fused-ring (bicyclic) bond motifs is 1. The summed E-state index contributed by atoms with van der Waals surface area (Å²) >= 11 is 0. The highest BCUT2D eigenvalue weighted by atomic mass is 16.6. The van der Waals surface area contributed by atoms with Gasteiger partial charge in [-0.1, -0.05) is 6.92 Å². The second kappa shape index (κ2) is 5.19. The summed E-state index contributed by atoms with van der Waals surface area (Å²) in [5.41, 5.74) is 1.57. The molecule has 0 saturated carbocycles. The first kappa shape index (κ1) is 13.0. The Morgan fingerprint density at radius 2 is 2.15 bits per heavy atom. The van der Waals surface area contributed by atoms with Crippen LogP contribution in [0.1, 0.15) is 19.8 Å². The molecule has 6 heteroatoms. The largest absolute Gasteiger partial charge is 0.489 e. The molecular weight excluding hydrogens is 258 g/mol. The van der Waals surface area contributed by atoms with Gasteiger partial charge in [-0.15, -0.1) is 0 Å². The van der Waals surface area contributed by atoms with Gasteiger partial charge in [0.1, 0.15) is 18.0 Å². The molecule has 0 radical (unpaired) electrons. The number of piperidine rings is 1. The third kappa shape index (κ3) is 2.37. The monoisotopic (exact) mass is 277 g/mol. The molecule has 2 heterocycles. The summed E-state index contributed by atoms with van der Waals surface area (Å²) in [5, 5.41) is 14.5. The molecule has 1 aromatic rings. The fraction of sp³-hybridized carbons (Fsp3) is 0.571. The molecule has 2 aliphatic heterocycles. The van der Waals surface area contributed by atoms with E-state index in [1.165, 1.54) is 0 Å². The van der Waals surface area contributed by atoms with Gasteiger partial charge in [0.25, 0.3) is 5.69 Å². The highest BCUT2D eigenvalue weighted by Crippen LogP contribution is 2.40. The fourth-order valence-electron chi connectivity index (χ4n) is 2.81. The van der Waals surface area contributed by atoms with Crippen molar-refractivity contribution in [2.75, 3.05) is 36.5 Å². The lowest BCUT2D eigenvalue weighted by atomic mass is 9.98. The second-order valence-corrected chi connectivity index (χ2v) is 5.54. The zero-order chi connectivity index (χ0) is 14.1. The van der Waals surface area contributed by atoms with E-state index in [2.05, 4.69) is 17.1 Å². The number of nitrogens with one attached hydrogen (secondary N) is 1. The highest BCUT2D eigenvalue weighted by molar-refractivity contribution is 5.75. The van der Waals surface area contributed by atoms with Gasteiger partial charge < -0.3 is 15.0 Å². The molecule has 1 saturated heterocycles. The number of hydrogen-bond acceptors (Lipinski definition) is 5. The summed E-state index contributed by atoms with van der Waals surface area (Å²) in [5.74, 6) is 1.41. The molecule has 0 unspecified atom stereocenters. The van der Waals surface area contributed by atoms with Gasteiger partial charge in [0.15, 0.2) is 0 Å². The van der Waals surface area contributed by atoms with Crippen molar-refractivity contribution in [1.29, 1.82) is 0 Å². The van der Waals surface area contributed by atoms with E-state index in [4.69, 9.17) is 4.74 Å². The summed E-state index contributed by atoms with van der Waals surface area (Å²) in [6.07, 6.45) is 2.15. The number of ether oxygens (including phenoxy) is 1. The normalized spacial score (nSPS) is 18.9. The fourth-order valence-corrected chi connectivity index (χ4v) is 2.81. The Labute approximate surface area is 117 Å². The predicted octanol–water partition coefficient (Wildman–Crippen LogP) is 2.64. The Balaban J connectivity index is 1.97. The van der Waals surface area contributed by atoms with Crippen molar-refractivity contribution in [3.8, 4) is 5.75 Å². The van der Waals surface area contributed by atoms with Gasteiger partial charge in [-0.2, -0.15) is 0 Å². The Bertz CT molecular complexity index is 525. The first-order valence-electron chi connectivity index (χ1n) is 7.09. The van der Waals surface area contributed by atoms with Gasteiger partial charge in [-0.05, 0) is 18.8 Å². The van der Waals surface area contributed by atoms with E-state index < -0.39 is 0 Å². The number of nitro benzene ring substituents is 1. The summed E-state index contributed by atoms with van der Waals surface area (Å²) < 4.78 is 5.60. The van der Waals surface area contributed by atoms with Crippen LogP contribution in [-0.2, 0) is 0 Å². The lowest BCUT2D eigenvalue weighted by molar-refractivity contribution is -0.384. The van der Waals surface area contributed by atoms with E-state index in [0.717, 1.165) is 37.4 Å². The zero-order valence-electron chi connectivity index (χ0n) is 11.6. The van der Waals surface area contributed by atoms with Gasteiger partial charge in [0.05, 0.1) is 10.6 Å². The SMILES string of the molecule is CC1CCN(c2cc3c(cc2[N+](=O)[O-])NCCO3)CC1. The summed E-state index contributed by atoms with van der Waals surface area (Å²) in [6, 6.07) is 3.41. The highest BCUT2D eigenvalue weighted by Gasteiger charge is 2.26. The van der Waals surface area contributed by atoms with Gasteiger partial charge in [-0.25, -0.2) is 0 Å². The molecule has 3 rings (SSSR count). The first-order valence-corrected chi connectivity index (χ1v) is 7.09. The second-order valence-electron chi connectivity index (χ2n) is 5.54. The Hall–Kier alpha value is -1.98. The van der Waals surface area contributed by atoms with Crippen LogP contribution >= 0.6 is 0 Å². The van der Waals surface area contributed by atoms with E-state index in [1.807, 2.05) is 6.07 Å². The first-order chi connectivity index (χ1) is 9.65. The number of anilines is 2. The smallest absolute Gasteiger partial charge is 0.294 e. The van der Waals surface area contributed by atoms with Gasteiger partial charge >= 0.3 is 0 Å². The van der Waals surface area contributed by atoms with Crippen molar-refractivity contribution in [1.82, 2.24) is 0 Å². The minimum atomic E-state index is -0.302. The number of nitrogens with zero attached hydrogens (tertiary/aromatic N) is 2. The average molecular weight is 277 g/mol. The third-order valence-electron chi connectivity index (χ3n) is 4.07. The van der Waals surface area contributed by atoms with Crippen molar-refractivity contribution in [3.05, 3.63) is 22.2 Å². The van der Waals surface area contributed by atoms with Crippen LogP contribution in [0.4, 0.5) is 17.1 Å². The van der Waals surface area contributed by atoms with E-state index in [-0.39, 0.29) is 10.6 Å². The maximum absolute atomic E-state index is 11.3. The number of rotatable bonds is 2. The summed E-state index contributed by atoms with van der Waals surface area (Å²) in [6.45, 7) is 5.25. The molecule has 6 nitrogen and oxygen atoms in total. The molecule has 20 heavy (non-hydrogen) atoms. The van der Waals surface area contributed by atoms with Gasteiger partial charge in [0.2, 0.25) is 0 Å². The van der Waals surface area contributed by atoms with Crippen LogP contribution in [-0.4, -0.2) is 31.2 Å². The molecular formula is C14H19N3O3. The maximum Gasteiger partial charge on any atom is 0.294 e. The standard InChI is InChI=1S/C14H19N3O3/c1-10-2-5-16(6-3-10)12-9-14-11(15-4-7-20-14)8-13(12)17(18)19/h8-10,15H,2-7H2,1H3. The van der Waals surface area contributed by atoms with Crippen LogP contribution in [0.3, 0.4) is 0 Å². The van der Waals surface area contributed by atoms with Crippen molar-refractivity contribution < 1.29 is 9.66 Å². The minimum Gasteiger partial charge on any atom is -0.489 e. The lowest BCUT2D eigenvalue weighted by Crippen LogP contribution is -2.33. The van der Waals surface area contributed by atoms with Crippen LogP contribution in [0.2, 0.25) is 0 Å². The topological polar surface area (TPSA) is 67.6 Å². The Kier molecular flexibility index (Phi) is 3.38. The quantitative estimate of drug-likeness (QED) is 0.665.